The van der Waals surface area contributed by atoms with E-state index >= 15 is 0 Å². The largest absolute Gasteiger partial charge is 0.481 e. The molecule has 1 atom stereocenters. The molecule has 4 N–H and O–H groups in total. The molecule has 0 aliphatic carbocycles. The third kappa shape index (κ3) is 7.72. The topological polar surface area (TPSA) is 189 Å². The van der Waals surface area contributed by atoms with Crippen LogP contribution < -0.4 is 14.8 Å². The Kier molecular flexibility index (Phi) is 8.02. The highest BCUT2D eigenvalue weighted by atomic mass is 32.2. The van der Waals surface area contributed by atoms with E-state index in [-0.39, 0.29) is 28.4 Å². The SMILES string of the molecule is CS(=O)(=O)Nc1ccc(S(=O)(=O)NCc2ccc(C(=O)NC(C=O)CC(=O)O)cn2)cc1. The highest BCUT2D eigenvalue weighted by Gasteiger charge is 2.17. The molecule has 1 unspecified atom stereocenters. The van der Waals surface area contributed by atoms with Gasteiger partial charge in [0.2, 0.25) is 20.0 Å². The van der Waals surface area contributed by atoms with Crippen molar-refractivity contribution in [3.63, 3.8) is 0 Å². The van der Waals surface area contributed by atoms with E-state index < -0.39 is 44.4 Å². The van der Waals surface area contributed by atoms with E-state index in [9.17, 15) is 31.2 Å². The minimum atomic E-state index is -3.92. The van der Waals surface area contributed by atoms with Crippen LogP contribution in [0.3, 0.4) is 0 Å². The molecule has 2 rings (SSSR count). The molecule has 0 aliphatic rings. The molecule has 0 radical (unpaired) electrons. The second kappa shape index (κ2) is 10.3. The summed E-state index contributed by atoms with van der Waals surface area (Å²) in [5, 5.41) is 10.9. The van der Waals surface area contributed by atoms with E-state index in [1.165, 1.54) is 36.4 Å². The summed E-state index contributed by atoms with van der Waals surface area (Å²) in [4.78, 5) is 37.5. The zero-order chi connectivity index (χ0) is 23.9. The molecule has 0 fully saturated rings. The quantitative estimate of drug-likeness (QED) is 0.310. The van der Waals surface area contributed by atoms with Crippen LogP contribution in [-0.2, 0) is 36.2 Å². The van der Waals surface area contributed by atoms with Crippen LogP contribution in [-0.4, -0.2) is 57.4 Å². The van der Waals surface area contributed by atoms with Gasteiger partial charge < -0.3 is 15.2 Å². The number of sulfonamides is 2. The number of benzene rings is 1. The van der Waals surface area contributed by atoms with Crippen LogP contribution >= 0.6 is 0 Å². The Morgan fingerprint density at radius 1 is 1.09 bits per heavy atom. The van der Waals surface area contributed by atoms with Crippen molar-refractivity contribution >= 4 is 43.9 Å². The Morgan fingerprint density at radius 2 is 1.75 bits per heavy atom. The van der Waals surface area contributed by atoms with Crippen molar-refractivity contribution in [1.82, 2.24) is 15.0 Å². The average molecular weight is 485 g/mol. The minimum Gasteiger partial charge on any atom is -0.481 e. The second-order valence-corrected chi connectivity index (χ2v) is 10.1. The molecule has 0 spiro atoms. The van der Waals surface area contributed by atoms with Crippen molar-refractivity contribution in [3.8, 4) is 0 Å². The molecule has 0 aliphatic heterocycles. The Labute approximate surface area is 184 Å². The lowest BCUT2D eigenvalue weighted by molar-refractivity contribution is -0.138. The van der Waals surface area contributed by atoms with E-state index in [0.717, 1.165) is 12.5 Å². The fourth-order valence-electron chi connectivity index (χ4n) is 2.40. The van der Waals surface area contributed by atoms with Crippen LogP contribution in [0.1, 0.15) is 22.5 Å². The van der Waals surface area contributed by atoms with E-state index in [1.54, 1.807) is 0 Å². The summed E-state index contributed by atoms with van der Waals surface area (Å²) in [6.07, 6.45) is 1.88. The predicted molar refractivity (Wildman–Crippen MR) is 113 cm³/mol. The molecule has 32 heavy (non-hydrogen) atoms. The smallest absolute Gasteiger partial charge is 0.305 e. The van der Waals surface area contributed by atoms with Gasteiger partial charge in [-0.05, 0) is 36.4 Å². The Balaban J connectivity index is 1.99. The lowest BCUT2D eigenvalue weighted by Gasteiger charge is -2.11. The van der Waals surface area contributed by atoms with Crippen molar-refractivity contribution in [1.29, 1.82) is 0 Å². The number of nitrogens with zero attached hydrogens (tertiary/aromatic N) is 1. The van der Waals surface area contributed by atoms with Crippen molar-refractivity contribution in [2.24, 2.45) is 0 Å². The number of amides is 1. The molecule has 0 bridgehead atoms. The number of hydrogen-bond acceptors (Lipinski definition) is 8. The molecule has 2 aromatic rings. The Hall–Kier alpha value is -3.36. The maximum atomic E-state index is 12.4. The van der Waals surface area contributed by atoms with Gasteiger partial charge in [-0.15, -0.1) is 0 Å². The molecule has 1 amide bonds. The van der Waals surface area contributed by atoms with Gasteiger partial charge in [-0.3, -0.25) is 19.3 Å². The van der Waals surface area contributed by atoms with Crippen LogP contribution in [0.5, 0.6) is 0 Å². The molecular formula is C18H20N4O8S2. The molecule has 1 heterocycles. The second-order valence-electron chi connectivity index (χ2n) is 6.58. The maximum Gasteiger partial charge on any atom is 0.305 e. The van der Waals surface area contributed by atoms with Crippen LogP contribution in [0.25, 0.3) is 0 Å². The summed E-state index contributed by atoms with van der Waals surface area (Å²) in [7, 11) is -7.41. The normalized spacial score (nSPS) is 12.5. The number of carbonyl (C=O) groups is 3. The summed E-state index contributed by atoms with van der Waals surface area (Å²) in [5.41, 5.74) is 0.558. The summed E-state index contributed by atoms with van der Waals surface area (Å²) in [6.45, 7) is -0.191. The number of hydrogen-bond donors (Lipinski definition) is 4. The summed E-state index contributed by atoms with van der Waals surface area (Å²) < 4.78 is 51.8. The third-order valence-corrected chi connectivity index (χ3v) is 5.90. The number of aromatic nitrogens is 1. The first kappa shape index (κ1) is 24.9. The molecule has 1 aromatic heterocycles. The number of carboxylic acid groups (broad SMARTS) is 1. The van der Waals surface area contributed by atoms with E-state index in [2.05, 4.69) is 19.7 Å². The first-order valence-corrected chi connectivity index (χ1v) is 12.3. The van der Waals surface area contributed by atoms with E-state index in [4.69, 9.17) is 5.11 Å². The van der Waals surface area contributed by atoms with Crippen LogP contribution in [0.4, 0.5) is 5.69 Å². The number of nitrogens with one attached hydrogen (secondary N) is 3. The van der Waals surface area contributed by atoms with Gasteiger partial charge in [0.1, 0.15) is 6.29 Å². The third-order valence-electron chi connectivity index (χ3n) is 3.87. The monoisotopic (exact) mass is 484 g/mol. The zero-order valence-electron chi connectivity index (χ0n) is 16.7. The molecule has 14 heteroatoms. The fraction of sp³-hybridized carbons (Fsp3) is 0.222. The lowest BCUT2D eigenvalue weighted by atomic mass is 10.2. The fourth-order valence-corrected chi connectivity index (χ4v) is 3.97. The number of anilines is 1. The first-order chi connectivity index (χ1) is 14.9. The van der Waals surface area contributed by atoms with Gasteiger partial charge in [-0.1, -0.05) is 0 Å². The maximum absolute atomic E-state index is 12.4. The molecule has 1 aromatic carbocycles. The van der Waals surface area contributed by atoms with E-state index in [1.807, 2.05) is 0 Å². The van der Waals surface area contributed by atoms with Gasteiger partial charge >= 0.3 is 5.97 Å². The Morgan fingerprint density at radius 3 is 2.25 bits per heavy atom. The van der Waals surface area contributed by atoms with Crippen molar-refractivity contribution < 1.29 is 36.3 Å². The van der Waals surface area contributed by atoms with Gasteiger partial charge in [0.15, 0.2) is 0 Å². The molecule has 0 saturated carbocycles. The summed E-state index contributed by atoms with van der Waals surface area (Å²) >= 11 is 0. The summed E-state index contributed by atoms with van der Waals surface area (Å²) in [6, 6.07) is 6.63. The number of rotatable bonds is 11. The average Bonchev–Trinajstić information content (AvgIpc) is 2.71. The van der Waals surface area contributed by atoms with Crippen molar-refractivity contribution in [2.75, 3.05) is 11.0 Å². The van der Waals surface area contributed by atoms with Gasteiger partial charge in [0.05, 0.1) is 41.4 Å². The van der Waals surface area contributed by atoms with Gasteiger partial charge in [0.25, 0.3) is 5.91 Å². The number of aldehydes is 1. The summed E-state index contributed by atoms with van der Waals surface area (Å²) in [5.74, 6) is -1.95. The molecule has 172 valence electrons. The predicted octanol–water partition coefficient (Wildman–Crippen LogP) is -0.296. The number of pyridine rings is 1. The van der Waals surface area contributed by atoms with Gasteiger partial charge in [-0.25, -0.2) is 21.6 Å². The highest BCUT2D eigenvalue weighted by Crippen LogP contribution is 2.15. The lowest BCUT2D eigenvalue weighted by Crippen LogP contribution is -2.37. The molecule has 0 saturated heterocycles. The van der Waals surface area contributed by atoms with Gasteiger partial charge in [0, 0.05) is 11.9 Å². The van der Waals surface area contributed by atoms with Crippen molar-refractivity contribution in [3.05, 3.63) is 53.9 Å². The van der Waals surface area contributed by atoms with Crippen molar-refractivity contribution in [2.45, 2.75) is 23.9 Å². The molecular weight excluding hydrogens is 464 g/mol. The molecule has 12 nitrogen and oxygen atoms in total. The van der Waals surface area contributed by atoms with Crippen LogP contribution in [0, 0.1) is 0 Å². The zero-order valence-corrected chi connectivity index (χ0v) is 18.3. The number of carboxylic acids is 1. The number of aliphatic carboxylic acids is 1. The Bertz CT molecular complexity index is 1190. The van der Waals surface area contributed by atoms with Crippen LogP contribution in [0.15, 0.2) is 47.5 Å². The highest BCUT2D eigenvalue weighted by molar-refractivity contribution is 7.92. The standard InChI is InChI=1S/C18H20N4O8S2/c1-31(27,28)22-13-4-6-16(7-5-13)32(29,30)20-10-14-3-2-12(9-19-14)18(26)21-15(11-23)8-17(24)25/h2-7,9,11,15,20,22H,8,10H2,1H3,(H,21,26)(H,24,25). The number of carbonyl (C=O) groups excluding carboxylic acids is 2. The van der Waals surface area contributed by atoms with Gasteiger partial charge in [-0.2, -0.15) is 0 Å². The van der Waals surface area contributed by atoms with Crippen LogP contribution in [0.2, 0.25) is 0 Å². The minimum absolute atomic E-state index is 0.0582. The van der Waals surface area contributed by atoms with E-state index in [0.29, 0.717) is 6.29 Å². The first-order valence-electron chi connectivity index (χ1n) is 8.90.